The molecular weight excluding hydrogens is 364 g/mol. The highest BCUT2D eigenvalue weighted by molar-refractivity contribution is 5.88. The van der Waals surface area contributed by atoms with Crippen molar-refractivity contribution in [2.45, 2.75) is 53.1 Å². The highest BCUT2D eigenvalue weighted by Gasteiger charge is 2.26. The van der Waals surface area contributed by atoms with Gasteiger partial charge in [0.05, 0.1) is 13.5 Å². The van der Waals surface area contributed by atoms with E-state index in [4.69, 9.17) is 4.74 Å². The fourth-order valence-electron chi connectivity index (χ4n) is 3.35. The predicted molar refractivity (Wildman–Crippen MR) is 116 cm³/mol. The van der Waals surface area contributed by atoms with Gasteiger partial charge in [0, 0.05) is 13.1 Å². The number of benzene rings is 2. The van der Waals surface area contributed by atoms with Crippen molar-refractivity contribution in [3.05, 3.63) is 64.7 Å². The van der Waals surface area contributed by atoms with Crippen LogP contribution in [0.25, 0.3) is 0 Å². The molecule has 0 fully saturated rings. The second-order valence-corrected chi connectivity index (χ2v) is 7.51. The van der Waals surface area contributed by atoms with Crippen LogP contribution in [0.5, 0.6) is 5.75 Å². The minimum Gasteiger partial charge on any atom is -0.497 e. The van der Waals surface area contributed by atoms with Crippen LogP contribution < -0.4 is 10.1 Å². The number of aryl methyl sites for hydroxylation is 2. The quantitative estimate of drug-likeness (QED) is 0.701. The second-order valence-electron chi connectivity index (χ2n) is 7.51. The highest BCUT2D eigenvalue weighted by Crippen LogP contribution is 2.17. The van der Waals surface area contributed by atoms with Crippen molar-refractivity contribution < 1.29 is 14.3 Å². The summed E-state index contributed by atoms with van der Waals surface area (Å²) in [6, 6.07) is 13.2. The average Bonchev–Trinajstić information content (AvgIpc) is 2.69. The molecule has 5 heteroatoms. The molecule has 0 saturated carbocycles. The molecule has 2 rings (SSSR count). The van der Waals surface area contributed by atoms with E-state index in [0.29, 0.717) is 13.1 Å². The Hall–Kier alpha value is -2.82. The second kappa shape index (κ2) is 10.6. The molecule has 0 aliphatic carbocycles. The molecule has 2 aromatic carbocycles. The molecule has 1 unspecified atom stereocenters. The van der Waals surface area contributed by atoms with Gasteiger partial charge in [-0.3, -0.25) is 9.59 Å². The molecule has 1 N–H and O–H groups in total. The average molecular weight is 397 g/mol. The van der Waals surface area contributed by atoms with Crippen molar-refractivity contribution in [3.63, 3.8) is 0 Å². The van der Waals surface area contributed by atoms with Crippen molar-refractivity contribution in [3.8, 4) is 5.75 Å². The molecule has 2 amide bonds. The molecule has 29 heavy (non-hydrogen) atoms. The van der Waals surface area contributed by atoms with Gasteiger partial charge in [-0.25, -0.2) is 0 Å². The standard InChI is InChI=1S/C24H32N2O3/c1-6-11-25-24(28)19(4)26(16-20-7-9-22(29-5)10-8-20)23(27)15-21-13-17(2)12-18(3)14-21/h7-10,12-14,19H,6,11,15-16H2,1-5H3,(H,25,28). The van der Waals surface area contributed by atoms with E-state index < -0.39 is 6.04 Å². The monoisotopic (exact) mass is 396 g/mol. The van der Waals surface area contributed by atoms with E-state index in [2.05, 4.69) is 11.4 Å². The van der Waals surface area contributed by atoms with E-state index in [0.717, 1.165) is 34.4 Å². The lowest BCUT2D eigenvalue weighted by molar-refractivity contribution is -0.140. The number of methoxy groups -OCH3 is 1. The minimum absolute atomic E-state index is 0.0648. The van der Waals surface area contributed by atoms with Crippen LogP contribution in [-0.4, -0.2) is 36.4 Å². The Labute approximate surface area is 174 Å². The summed E-state index contributed by atoms with van der Waals surface area (Å²) < 4.78 is 5.21. The van der Waals surface area contributed by atoms with E-state index in [1.54, 1.807) is 18.9 Å². The lowest BCUT2D eigenvalue weighted by Crippen LogP contribution is -2.48. The van der Waals surface area contributed by atoms with Gasteiger partial charge in [-0.05, 0) is 50.5 Å². The van der Waals surface area contributed by atoms with E-state index in [-0.39, 0.29) is 18.2 Å². The smallest absolute Gasteiger partial charge is 0.242 e. The first-order valence-corrected chi connectivity index (χ1v) is 10.1. The number of carbonyl (C=O) groups is 2. The SMILES string of the molecule is CCCNC(=O)C(C)N(Cc1ccc(OC)cc1)C(=O)Cc1cc(C)cc(C)c1. The van der Waals surface area contributed by atoms with Gasteiger partial charge in [0.25, 0.3) is 0 Å². The Kier molecular flexibility index (Phi) is 8.25. The molecule has 0 spiro atoms. The molecule has 0 aliphatic heterocycles. The van der Waals surface area contributed by atoms with Crippen LogP contribution >= 0.6 is 0 Å². The molecule has 0 bridgehead atoms. The predicted octanol–water partition coefficient (Wildman–Crippen LogP) is 3.80. The maximum absolute atomic E-state index is 13.2. The van der Waals surface area contributed by atoms with Gasteiger partial charge in [-0.2, -0.15) is 0 Å². The van der Waals surface area contributed by atoms with Gasteiger partial charge in [0.2, 0.25) is 11.8 Å². The van der Waals surface area contributed by atoms with Gasteiger partial charge in [0.1, 0.15) is 11.8 Å². The molecule has 156 valence electrons. The summed E-state index contributed by atoms with van der Waals surface area (Å²) in [6.07, 6.45) is 1.12. The van der Waals surface area contributed by atoms with Crippen molar-refractivity contribution in [1.29, 1.82) is 0 Å². The summed E-state index contributed by atoms with van der Waals surface area (Å²) in [4.78, 5) is 27.4. The first-order valence-electron chi connectivity index (χ1n) is 10.1. The lowest BCUT2D eigenvalue weighted by atomic mass is 10.0. The summed E-state index contributed by atoms with van der Waals surface area (Å²) in [6.45, 7) is 8.81. The number of nitrogens with zero attached hydrogens (tertiary/aromatic N) is 1. The summed E-state index contributed by atoms with van der Waals surface area (Å²) >= 11 is 0. The summed E-state index contributed by atoms with van der Waals surface area (Å²) in [5, 5.41) is 2.90. The van der Waals surface area contributed by atoms with Gasteiger partial charge in [-0.1, -0.05) is 48.4 Å². The van der Waals surface area contributed by atoms with Gasteiger partial charge < -0.3 is 15.0 Å². The zero-order chi connectivity index (χ0) is 21.4. The zero-order valence-corrected chi connectivity index (χ0v) is 18.1. The Morgan fingerprint density at radius 3 is 2.21 bits per heavy atom. The molecule has 0 heterocycles. The Bertz CT molecular complexity index is 810. The van der Waals surface area contributed by atoms with E-state index in [1.807, 2.05) is 57.2 Å². The Morgan fingerprint density at radius 2 is 1.66 bits per heavy atom. The van der Waals surface area contributed by atoms with Gasteiger partial charge in [-0.15, -0.1) is 0 Å². The first kappa shape index (κ1) is 22.5. The molecule has 0 aromatic heterocycles. The minimum atomic E-state index is -0.554. The number of ether oxygens (including phenoxy) is 1. The summed E-state index contributed by atoms with van der Waals surface area (Å²) in [5.74, 6) is 0.565. The third-order valence-corrected chi connectivity index (χ3v) is 4.87. The number of rotatable bonds is 9. The molecule has 2 aromatic rings. The van der Waals surface area contributed by atoms with Crippen molar-refractivity contribution in [1.82, 2.24) is 10.2 Å². The molecule has 5 nitrogen and oxygen atoms in total. The fourth-order valence-corrected chi connectivity index (χ4v) is 3.35. The topological polar surface area (TPSA) is 58.6 Å². The number of carbonyl (C=O) groups excluding carboxylic acids is 2. The fraction of sp³-hybridized carbons (Fsp3) is 0.417. The number of hydrogen-bond acceptors (Lipinski definition) is 3. The maximum Gasteiger partial charge on any atom is 0.242 e. The third kappa shape index (κ3) is 6.63. The van der Waals surface area contributed by atoms with Crippen molar-refractivity contribution in [2.75, 3.05) is 13.7 Å². The summed E-state index contributed by atoms with van der Waals surface area (Å²) in [5.41, 5.74) is 4.18. The normalized spacial score (nSPS) is 11.6. The van der Waals surface area contributed by atoms with Crippen molar-refractivity contribution in [2.24, 2.45) is 0 Å². The number of hydrogen-bond donors (Lipinski definition) is 1. The van der Waals surface area contributed by atoms with Crippen molar-refractivity contribution >= 4 is 11.8 Å². The van der Waals surface area contributed by atoms with Gasteiger partial charge in [0.15, 0.2) is 0 Å². The molecule has 0 saturated heterocycles. The van der Waals surface area contributed by atoms with Crippen LogP contribution in [0, 0.1) is 13.8 Å². The van der Waals surface area contributed by atoms with Gasteiger partial charge >= 0.3 is 0 Å². The van der Waals surface area contributed by atoms with Crippen LogP contribution in [0.3, 0.4) is 0 Å². The van der Waals surface area contributed by atoms with Crippen LogP contribution in [0.4, 0.5) is 0 Å². The van der Waals surface area contributed by atoms with E-state index in [1.165, 1.54) is 0 Å². The van der Waals surface area contributed by atoms with Crippen LogP contribution in [-0.2, 0) is 22.6 Å². The van der Waals surface area contributed by atoms with Crippen LogP contribution in [0.1, 0.15) is 42.5 Å². The first-order chi connectivity index (χ1) is 13.8. The zero-order valence-electron chi connectivity index (χ0n) is 18.1. The lowest BCUT2D eigenvalue weighted by Gasteiger charge is -2.29. The molecule has 1 atom stereocenters. The molecule has 0 radical (unpaired) electrons. The third-order valence-electron chi connectivity index (χ3n) is 4.87. The molecular formula is C24H32N2O3. The highest BCUT2D eigenvalue weighted by atomic mass is 16.5. The molecule has 0 aliphatic rings. The maximum atomic E-state index is 13.2. The number of nitrogens with one attached hydrogen (secondary N) is 1. The Morgan fingerprint density at radius 1 is 1.03 bits per heavy atom. The van der Waals surface area contributed by atoms with E-state index >= 15 is 0 Å². The van der Waals surface area contributed by atoms with E-state index in [9.17, 15) is 9.59 Å². The largest absolute Gasteiger partial charge is 0.497 e. The Balaban J connectivity index is 2.23. The number of amides is 2. The summed E-state index contributed by atoms with van der Waals surface area (Å²) in [7, 11) is 1.62. The van der Waals surface area contributed by atoms with Crippen LogP contribution in [0.15, 0.2) is 42.5 Å². The van der Waals surface area contributed by atoms with Crippen LogP contribution in [0.2, 0.25) is 0 Å².